The maximum Gasteiger partial charge on any atom is 0.235 e. The summed E-state index contributed by atoms with van der Waals surface area (Å²) in [6.45, 7) is 3.94. The standard InChI is InChI=1S/C18H24N6O2S/c1-13(2)27(25,26)21-17-8-4-14(5-9-17)12-19-16-10-6-15(7-11-16)18-20-22-23-24(18)3/h4-11,13,19,21-23H,12H2,1-3H3. The average molecular weight is 388 g/mol. The third-order valence-corrected chi connectivity index (χ3v) is 5.93. The van der Waals surface area contributed by atoms with Crippen LogP contribution in [0.3, 0.4) is 0 Å². The molecule has 3 rings (SSSR count). The molecule has 0 bridgehead atoms. The number of amidine groups is 1. The fourth-order valence-corrected chi connectivity index (χ4v) is 3.15. The summed E-state index contributed by atoms with van der Waals surface area (Å²) < 4.78 is 26.4. The predicted molar refractivity (Wildman–Crippen MR) is 108 cm³/mol. The molecular formula is C18H24N6O2S. The number of nitrogens with zero attached hydrogens (tertiary/aromatic N) is 2. The highest BCUT2D eigenvalue weighted by Crippen LogP contribution is 2.16. The number of rotatable bonds is 7. The molecule has 0 aliphatic carbocycles. The van der Waals surface area contributed by atoms with Gasteiger partial charge in [-0.3, -0.25) is 9.73 Å². The molecule has 0 radical (unpaired) electrons. The van der Waals surface area contributed by atoms with E-state index in [0.29, 0.717) is 12.2 Å². The molecule has 1 heterocycles. The molecule has 144 valence electrons. The van der Waals surface area contributed by atoms with Crippen molar-refractivity contribution in [3.05, 3.63) is 59.7 Å². The van der Waals surface area contributed by atoms with Crippen molar-refractivity contribution >= 4 is 27.2 Å². The summed E-state index contributed by atoms with van der Waals surface area (Å²) >= 11 is 0. The number of hydrogen-bond acceptors (Lipinski definition) is 7. The zero-order valence-corrected chi connectivity index (χ0v) is 16.3. The van der Waals surface area contributed by atoms with Crippen LogP contribution in [-0.4, -0.2) is 31.6 Å². The minimum atomic E-state index is -3.32. The molecule has 0 saturated heterocycles. The number of hydrazone groups is 1. The Labute approximate surface area is 159 Å². The Morgan fingerprint density at radius 1 is 1.04 bits per heavy atom. The summed E-state index contributed by atoms with van der Waals surface area (Å²) in [7, 11) is -1.44. The maximum atomic E-state index is 11.9. The molecule has 0 fully saturated rings. The molecule has 0 unspecified atom stereocenters. The number of hydrazine groups is 2. The predicted octanol–water partition coefficient (Wildman–Crippen LogP) is 2.06. The van der Waals surface area contributed by atoms with Gasteiger partial charge in [-0.05, 0) is 55.8 Å². The van der Waals surface area contributed by atoms with Crippen LogP contribution in [-0.2, 0) is 16.6 Å². The minimum absolute atomic E-state index is 0.469. The van der Waals surface area contributed by atoms with Gasteiger partial charge < -0.3 is 5.32 Å². The summed E-state index contributed by atoms with van der Waals surface area (Å²) in [5.41, 5.74) is 9.21. The minimum Gasteiger partial charge on any atom is -0.381 e. The quantitative estimate of drug-likeness (QED) is 0.580. The first-order chi connectivity index (χ1) is 12.8. The van der Waals surface area contributed by atoms with E-state index < -0.39 is 15.3 Å². The van der Waals surface area contributed by atoms with Crippen LogP contribution in [0.2, 0.25) is 0 Å². The summed E-state index contributed by atoms with van der Waals surface area (Å²) in [6.07, 6.45) is 0. The monoisotopic (exact) mass is 388 g/mol. The van der Waals surface area contributed by atoms with Gasteiger partial charge in [0.25, 0.3) is 0 Å². The van der Waals surface area contributed by atoms with Crippen LogP contribution in [0.15, 0.2) is 53.6 Å². The van der Waals surface area contributed by atoms with Gasteiger partial charge in [0, 0.05) is 30.5 Å². The molecule has 27 heavy (non-hydrogen) atoms. The first-order valence-electron chi connectivity index (χ1n) is 8.62. The SMILES string of the molecule is CC(C)S(=O)(=O)Nc1ccc(CNc2ccc(C3=NNNN3C)cc2)cc1. The Balaban J connectivity index is 1.57. The van der Waals surface area contributed by atoms with E-state index in [2.05, 4.69) is 26.2 Å². The van der Waals surface area contributed by atoms with Crippen LogP contribution < -0.4 is 21.1 Å². The number of hydrogen-bond donors (Lipinski definition) is 4. The molecule has 0 saturated carbocycles. The topological polar surface area (TPSA) is 97.9 Å². The van der Waals surface area contributed by atoms with Gasteiger partial charge >= 0.3 is 0 Å². The summed E-state index contributed by atoms with van der Waals surface area (Å²) in [6, 6.07) is 15.3. The molecule has 0 aromatic heterocycles. The van der Waals surface area contributed by atoms with Gasteiger partial charge in [-0.25, -0.2) is 14.0 Å². The number of anilines is 2. The average Bonchev–Trinajstić information content (AvgIpc) is 3.07. The third-order valence-electron chi connectivity index (χ3n) is 4.17. The van der Waals surface area contributed by atoms with Crippen LogP contribution in [0, 0.1) is 0 Å². The van der Waals surface area contributed by atoms with Crippen LogP contribution in [0.25, 0.3) is 0 Å². The van der Waals surface area contributed by atoms with E-state index in [9.17, 15) is 8.42 Å². The van der Waals surface area contributed by atoms with Gasteiger partial charge in [0.1, 0.15) is 0 Å². The van der Waals surface area contributed by atoms with Crippen molar-refractivity contribution in [2.24, 2.45) is 5.10 Å². The summed E-state index contributed by atoms with van der Waals surface area (Å²) in [5, 5.41) is 8.85. The molecule has 1 aliphatic rings. The van der Waals surface area contributed by atoms with Crippen molar-refractivity contribution in [1.29, 1.82) is 0 Å². The number of benzene rings is 2. The van der Waals surface area contributed by atoms with Gasteiger partial charge in [-0.15, -0.1) is 10.6 Å². The van der Waals surface area contributed by atoms with Crippen LogP contribution in [0.1, 0.15) is 25.0 Å². The van der Waals surface area contributed by atoms with E-state index in [1.54, 1.807) is 31.0 Å². The largest absolute Gasteiger partial charge is 0.381 e. The summed E-state index contributed by atoms with van der Waals surface area (Å²) in [5.74, 6) is 0.820. The number of nitrogens with one attached hydrogen (secondary N) is 4. The Hall–Kier alpha value is -2.78. The Morgan fingerprint density at radius 3 is 2.22 bits per heavy atom. The molecule has 4 N–H and O–H groups in total. The summed E-state index contributed by atoms with van der Waals surface area (Å²) in [4.78, 5) is 0. The smallest absolute Gasteiger partial charge is 0.235 e. The van der Waals surface area contributed by atoms with Crippen LogP contribution in [0.4, 0.5) is 11.4 Å². The second-order valence-electron chi connectivity index (χ2n) is 6.54. The normalized spacial score (nSPS) is 14.1. The van der Waals surface area contributed by atoms with E-state index in [-0.39, 0.29) is 0 Å². The van der Waals surface area contributed by atoms with Crippen LogP contribution in [0.5, 0.6) is 0 Å². The Bertz CT molecular complexity index is 908. The van der Waals surface area contributed by atoms with E-state index in [1.807, 2.05) is 43.4 Å². The highest BCUT2D eigenvalue weighted by atomic mass is 32.2. The lowest BCUT2D eigenvalue weighted by molar-refractivity contribution is 0.349. The van der Waals surface area contributed by atoms with Gasteiger partial charge in [0.05, 0.1) is 5.25 Å². The fraction of sp³-hybridized carbons (Fsp3) is 0.278. The maximum absolute atomic E-state index is 11.9. The van der Waals surface area contributed by atoms with E-state index in [0.717, 1.165) is 22.6 Å². The van der Waals surface area contributed by atoms with E-state index in [4.69, 9.17) is 0 Å². The molecule has 0 atom stereocenters. The molecule has 2 aromatic rings. The van der Waals surface area contributed by atoms with Gasteiger partial charge in [-0.1, -0.05) is 12.1 Å². The molecular weight excluding hydrogens is 364 g/mol. The second kappa shape index (κ2) is 7.85. The second-order valence-corrected chi connectivity index (χ2v) is 8.78. The highest BCUT2D eigenvalue weighted by molar-refractivity contribution is 7.93. The molecule has 0 amide bonds. The fourth-order valence-electron chi connectivity index (χ4n) is 2.45. The van der Waals surface area contributed by atoms with Crippen LogP contribution >= 0.6 is 0 Å². The lowest BCUT2D eigenvalue weighted by Crippen LogP contribution is -2.37. The van der Waals surface area contributed by atoms with Crippen molar-refractivity contribution in [2.45, 2.75) is 25.6 Å². The molecule has 2 aromatic carbocycles. The number of sulfonamides is 1. The Kier molecular flexibility index (Phi) is 5.52. The van der Waals surface area contributed by atoms with E-state index in [1.165, 1.54) is 0 Å². The molecule has 9 heteroatoms. The first kappa shape index (κ1) is 19.0. The first-order valence-corrected chi connectivity index (χ1v) is 10.2. The van der Waals surface area contributed by atoms with Gasteiger partial charge in [0.2, 0.25) is 10.0 Å². The Morgan fingerprint density at radius 2 is 1.67 bits per heavy atom. The highest BCUT2D eigenvalue weighted by Gasteiger charge is 2.15. The zero-order chi connectivity index (χ0) is 19.4. The lowest BCUT2D eigenvalue weighted by atomic mass is 10.1. The molecule has 0 spiro atoms. The van der Waals surface area contributed by atoms with Crippen molar-refractivity contribution in [3.8, 4) is 0 Å². The van der Waals surface area contributed by atoms with Gasteiger partial charge in [-0.2, -0.15) is 0 Å². The van der Waals surface area contributed by atoms with E-state index >= 15 is 0 Å². The van der Waals surface area contributed by atoms with Crippen molar-refractivity contribution in [2.75, 3.05) is 17.1 Å². The zero-order valence-electron chi connectivity index (χ0n) is 15.5. The lowest BCUT2D eigenvalue weighted by Gasteiger charge is -2.13. The van der Waals surface area contributed by atoms with Crippen molar-refractivity contribution in [3.63, 3.8) is 0 Å². The third kappa shape index (κ3) is 4.69. The van der Waals surface area contributed by atoms with Crippen molar-refractivity contribution < 1.29 is 8.42 Å². The van der Waals surface area contributed by atoms with Gasteiger partial charge in [0.15, 0.2) is 5.84 Å². The molecule has 8 nitrogen and oxygen atoms in total. The van der Waals surface area contributed by atoms with Crippen molar-refractivity contribution in [1.82, 2.24) is 16.1 Å². The molecule has 1 aliphatic heterocycles.